The molecule has 1 aliphatic rings. The highest BCUT2D eigenvalue weighted by Crippen LogP contribution is 2.25. The van der Waals surface area contributed by atoms with Crippen LogP contribution in [0.1, 0.15) is 6.42 Å². The van der Waals surface area contributed by atoms with Crippen molar-refractivity contribution in [3.63, 3.8) is 0 Å². The zero-order valence-corrected chi connectivity index (χ0v) is 4.89. The van der Waals surface area contributed by atoms with Gasteiger partial charge in [-0.15, -0.1) is 0 Å². The maximum absolute atomic E-state index is 11.5. The molecule has 0 fully saturated rings. The van der Waals surface area contributed by atoms with Crippen LogP contribution >= 0.6 is 0 Å². The summed E-state index contributed by atoms with van der Waals surface area (Å²) in [5, 5.41) is 0. The van der Waals surface area contributed by atoms with Crippen molar-refractivity contribution in [1.82, 2.24) is 0 Å². The fraction of sp³-hybridized carbons (Fsp3) is 0.600. The number of rotatable bonds is 1. The van der Waals surface area contributed by atoms with Crippen molar-refractivity contribution in [2.75, 3.05) is 0 Å². The second-order valence-corrected chi connectivity index (χ2v) is 1.79. The molecule has 0 aliphatic carbocycles. The molecule has 10 heavy (non-hydrogen) atoms. The number of hydrogen-bond acceptors (Lipinski definition) is 2. The summed E-state index contributed by atoms with van der Waals surface area (Å²) in [6.07, 6.45) is -4.29. The predicted octanol–water partition coefficient (Wildman–Crippen LogP) is 1.78. The molecule has 58 valence electrons. The van der Waals surface area contributed by atoms with E-state index in [4.69, 9.17) is 0 Å². The topological polar surface area (TPSA) is 18.5 Å². The molecule has 0 N–H and O–H groups in total. The molecule has 5 heteroatoms. The molecular weight excluding hydrogens is 149 g/mol. The van der Waals surface area contributed by atoms with Gasteiger partial charge in [0.1, 0.15) is 18.9 Å². The van der Waals surface area contributed by atoms with Crippen LogP contribution in [0.2, 0.25) is 0 Å². The summed E-state index contributed by atoms with van der Waals surface area (Å²) in [4.78, 5) is 0. The van der Waals surface area contributed by atoms with Gasteiger partial charge in [-0.1, -0.05) is 0 Å². The Hall–Kier alpha value is -0.870. The summed E-state index contributed by atoms with van der Waals surface area (Å²) in [7, 11) is 0. The molecule has 2 nitrogen and oxygen atoms in total. The number of halogens is 3. The lowest BCUT2D eigenvalue weighted by atomic mass is 10.4. The van der Waals surface area contributed by atoms with Crippen molar-refractivity contribution < 1.29 is 22.6 Å². The molecule has 0 aromatic carbocycles. The maximum Gasteiger partial charge on any atom is 0.396 e. The van der Waals surface area contributed by atoms with Gasteiger partial charge in [-0.25, -0.2) is 0 Å². The lowest BCUT2D eigenvalue weighted by Crippen LogP contribution is -2.19. The number of alkyl halides is 3. The minimum atomic E-state index is -4.23. The van der Waals surface area contributed by atoms with Crippen LogP contribution in [0.25, 0.3) is 0 Å². The van der Waals surface area contributed by atoms with Crippen LogP contribution in [0.15, 0.2) is 12.5 Å². The molecule has 0 aromatic heterocycles. The summed E-state index contributed by atoms with van der Waals surface area (Å²) < 4.78 is 43.4. The molecule has 0 radical (unpaired) electrons. The minimum Gasteiger partial charge on any atom is -0.459 e. The van der Waals surface area contributed by atoms with E-state index in [1.54, 1.807) is 0 Å². The van der Waals surface area contributed by atoms with Crippen LogP contribution in [-0.2, 0) is 9.47 Å². The van der Waals surface area contributed by atoms with Gasteiger partial charge in [-0.05, 0) is 0 Å². The van der Waals surface area contributed by atoms with E-state index < -0.39 is 18.9 Å². The van der Waals surface area contributed by atoms with Crippen molar-refractivity contribution in [3.05, 3.63) is 12.5 Å². The average molecular weight is 154 g/mol. The zero-order chi connectivity index (χ0) is 7.61. The largest absolute Gasteiger partial charge is 0.459 e. The molecule has 0 aromatic rings. The first kappa shape index (κ1) is 7.24. The Labute approximate surface area is 55.2 Å². The van der Waals surface area contributed by atoms with Gasteiger partial charge in [0.25, 0.3) is 0 Å². The van der Waals surface area contributed by atoms with E-state index in [9.17, 15) is 13.2 Å². The molecule has 0 atom stereocenters. The first-order valence-electron chi connectivity index (χ1n) is 2.60. The van der Waals surface area contributed by atoms with E-state index >= 15 is 0 Å². The third-order valence-electron chi connectivity index (χ3n) is 0.914. The lowest BCUT2D eigenvalue weighted by molar-refractivity contribution is -0.182. The Morgan fingerprint density at radius 3 is 2.10 bits per heavy atom. The third kappa shape index (κ3) is 2.16. The van der Waals surface area contributed by atoms with Gasteiger partial charge >= 0.3 is 6.18 Å². The monoisotopic (exact) mass is 154 g/mol. The van der Waals surface area contributed by atoms with E-state index in [1.165, 1.54) is 0 Å². The summed E-state index contributed by atoms with van der Waals surface area (Å²) in [6.45, 7) is 0. The third-order valence-corrected chi connectivity index (χ3v) is 0.914. The highest BCUT2D eigenvalue weighted by molar-refractivity contribution is 4.72. The van der Waals surface area contributed by atoms with Crippen LogP contribution in [0.4, 0.5) is 13.2 Å². The van der Waals surface area contributed by atoms with E-state index in [-0.39, 0.29) is 0 Å². The van der Waals surface area contributed by atoms with Gasteiger partial charge in [0.15, 0.2) is 0 Å². The first-order chi connectivity index (χ1) is 4.58. The van der Waals surface area contributed by atoms with Crippen molar-refractivity contribution in [2.24, 2.45) is 0 Å². The fourth-order valence-electron chi connectivity index (χ4n) is 0.557. The first-order valence-corrected chi connectivity index (χ1v) is 2.60. The summed E-state index contributed by atoms with van der Waals surface area (Å²) in [5.74, 6) is 0. The summed E-state index contributed by atoms with van der Waals surface area (Å²) in [5.41, 5.74) is 0. The Morgan fingerprint density at radius 2 is 1.70 bits per heavy atom. The van der Waals surface area contributed by atoms with E-state index in [0.717, 1.165) is 12.5 Å². The second-order valence-electron chi connectivity index (χ2n) is 1.79. The van der Waals surface area contributed by atoms with Gasteiger partial charge in [-0.3, -0.25) is 0 Å². The van der Waals surface area contributed by atoms with Crippen molar-refractivity contribution in [1.29, 1.82) is 0 Å². The molecule has 0 unspecified atom stereocenters. The van der Waals surface area contributed by atoms with Crippen LogP contribution in [0.5, 0.6) is 0 Å². The molecule has 1 rings (SSSR count). The van der Waals surface area contributed by atoms with Crippen LogP contribution in [0, 0.1) is 0 Å². The molecular formula is C5H5F3O2. The lowest BCUT2D eigenvalue weighted by Gasteiger charge is -2.11. The highest BCUT2D eigenvalue weighted by Gasteiger charge is 2.34. The highest BCUT2D eigenvalue weighted by atomic mass is 19.4. The van der Waals surface area contributed by atoms with Gasteiger partial charge < -0.3 is 9.47 Å². The van der Waals surface area contributed by atoms with E-state index in [2.05, 4.69) is 9.47 Å². The molecule has 1 heterocycles. The Bertz CT molecular complexity index is 132. The second kappa shape index (κ2) is 2.40. The van der Waals surface area contributed by atoms with Crippen LogP contribution in [-0.4, -0.2) is 12.5 Å². The Morgan fingerprint density at radius 1 is 1.20 bits per heavy atom. The van der Waals surface area contributed by atoms with Crippen LogP contribution < -0.4 is 0 Å². The standard InChI is InChI=1S/C5H5F3O2/c6-5(7,8)3-4-9-1-2-10-4/h1-2,4H,3H2. The molecule has 0 saturated heterocycles. The SMILES string of the molecule is FC(F)(F)CC1OC=CO1. The Balaban J connectivity index is 2.26. The van der Waals surface area contributed by atoms with Crippen LogP contribution in [0.3, 0.4) is 0 Å². The van der Waals surface area contributed by atoms with Gasteiger partial charge in [0, 0.05) is 0 Å². The molecule has 0 spiro atoms. The molecule has 1 aliphatic heterocycles. The molecule has 0 amide bonds. The summed E-state index contributed by atoms with van der Waals surface area (Å²) in [6, 6.07) is 0. The van der Waals surface area contributed by atoms with Crippen molar-refractivity contribution >= 4 is 0 Å². The fourth-order valence-corrected chi connectivity index (χ4v) is 0.557. The maximum atomic E-state index is 11.5. The summed E-state index contributed by atoms with van der Waals surface area (Å²) >= 11 is 0. The quantitative estimate of drug-likeness (QED) is 0.573. The smallest absolute Gasteiger partial charge is 0.396 e. The van der Waals surface area contributed by atoms with Gasteiger partial charge in [-0.2, -0.15) is 13.2 Å². The van der Waals surface area contributed by atoms with Crippen molar-refractivity contribution in [2.45, 2.75) is 18.9 Å². The van der Waals surface area contributed by atoms with E-state index in [0.29, 0.717) is 0 Å². The zero-order valence-electron chi connectivity index (χ0n) is 4.89. The average Bonchev–Trinajstić information content (AvgIpc) is 2.12. The minimum absolute atomic E-state index is 1.07. The predicted molar refractivity (Wildman–Crippen MR) is 25.8 cm³/mol. The Kier molecular flexibility index (Phi) is 1.74. The number of ether oxygens (including phenoxy) is 2. The van der Waals surface area contributed by atoms with Crippen molar-refractivity contribution in [3.8, 4) is 0 Å². The van der Waals surface area contributed by atoms with E-state index in [1.807, 2.05) is 0 Å². The van der Waals surface area contributed by atoms with Gasteiger partial charge in [0.2, 0.25) is 6.29 Å². The van der Waals surface area contributed by atoms with Gasteiger partial charge in [0.05, 0.1) is 0 Å². The molecule has 0 bridgehead atoms. The number of hydrogen-bond donors (Lipinski definition) is 0. The normalized spacial score (nSPS) is 18.7. The molecule has 0 saturated carbocycles.